The highest BCUT2D eigenvalue weighted by Gasteiger charge is 2.34. The molecule has 1 aliphatic rings. The molecule has 164 valence electrons. The number of alkyl halides is 2. The second-order valence-electron chi connectivity index (χ2n) is 6.63. The Morgan fingerprint density at radius 2 is 1.71 bits per heavy atom. The summed E-state index contributed by atoms with van der Waals surface area (Å²) < 4.78 is 40.5. The third-order valence-electron chi connectivity index (χ3n) is 4.60. The molecule has 0 radical (unpaired) electrons. The van der Waals surface area contributed by atoms with E-state index in [4.69, 9.17) is 9.47 Å². The number of ether oxygens (including phenoxy) is 3. The van der Waals surface area contributed by atoms with Gasteiger partial charge in [-0.15, -0.1) is 0 Å². The van der Waals surface area contributed by atoms with Crippen molar-refractivity contribution < 1.29 is 37.4 Å². The van der Waals surface area contributed by atoms with E-state index in [-0.39, 0.29) is 49.7 Å². The van der Waals surface area contributed by atoms with Crippen molar-refractivity contribution in [3.05, 3.63) is 59.2 Å². The van der Waals surface area contributed by atoms with Crippen molar-refractivity contribution >= 4 is 17.8 Å². The van der Waals surface area contributed by atoms with Crippen LogP contribution in [0.4, 0.5) is 8.78 Å². The number of rotatable bonds is 10. The lowest BCUT2D eigenvalue weighted by Crippen LogP contribution is -2.31. The molecular formula is C22H21F2NO6. The average Bonchev–Trinajstić information content (AvgIpc) is 2.99. The van der Waals surface area contributed by atoms with Crippen molar-refractivity contribution in [1.29, 1.82) is 0 Å². The molecule has 0 bridgehead atoms. The van der Waals surface area contributed by atoms with E-state index < -0.39 is 24.4 Å². The summed E-state index contributed by atoms with van der Waals surface area (Å²) in [6.07, 6.45) is 0.160. The van der Waals surface area contributed by atoms with Gasteiger partial charge in [-0.2, -0.15) is 8.78 Å². The van der Waals surface area contributed by atoms with Crippen LogP contribution >= 0.6 is 0 Å². The van der Waals surface area contributed by atoms with Crippen LogP contribution in [0.3, 0.4) is 0 Å². The molecule has 0 saturated carbocycles. The summed E-state index contributed by atoms with van der Waals surface area (Å²) in [5, 5.41) is 0. The van der Waals surface area contributed by atoms with Gasteiger partial charge < -0.3 is 14.2 Å². The standard InChI is InChI=1S/C22H21F2NO6/c1-2-29-17-10-5-7-14(19(17)31-22(23)24)13-30-18(26)11-6-12-25-20(27)15-8-3-4-9-16(15)21(25)28/h3-5,7-10,22H,2,6,11-13H2,1H3. The minimum absolute atomic E-state index is 0.0520. The minimum Gasteiger partial charge on any atom is -0.490 e. The Morgan fingerprint density at radius 3 is 2.32 bits per heavy atom. The molecule has 0 fully saturated rings. The van der Waals surface area contributed by atoms with Gasteiger partial charge in [0.2, 0.25) is 0 Å². The number of carbonyl (C=O) groups is 3. The summed E-state index contributed by atoms with van der Waals surface area (Å²) in [4.78, 5) is 37.8. The van der Waals surface area contributed by atoms with Gasteiger partial charge >= 0.3 is 12.6 Å². The van der Waals surface area contributed by atoms with E-state index in [9.17, 15) is 23.2 Å². The Balaban J connectivity index is 1.53. The number of hydrogen-bond acceptors (Lipinski definition) is 6. The van der Waals surface area contributed by atoms with Gasteiger partial charge in [0.1, 0.15) is 6.61 Å². The van der Waals surface area contributed by atoms with E-state index >= 15 is 0 Å². The fraction of sp³-hybridized carbons (Fsp3) is 0.318. The zero-order chi connectivity index (χ0) is 22.4. The Bertz CT molecular complexity index is 943. The van der Waals surface area contributed by atoms with Gasteiger partial charge in [0, 0.05) is 18.5 Å². The number of hydrogen-bond donors (Lipinski definition) is 0. The Morgan fingerprint density at radius 1 is 1.03 bits per heavy atom. The maximum atomic E-state index is 12.8. The molecule has 2 amide bonds. The second kappa shape index (κ2) is 10.0. The predicted octanol–water partition coefficient (Wildman–Crippen LogP) is 3.81. The van der Waals surface area contributed by atoms with Crippen LogP contribution in [0.2, 0.25) is 0 Å². The van der Waals surface area contributed by atoms with Crippen LogP contribution in [-0.2, 0) is 16.1 Å². The first-order valence-electron chi connectivity index (χ1n) is 9.72. The molecule has 0 N–H and O–H groups in total. The molecule has 7 nitrogen and oxygen atoms in total. The smallest absolute Gasteiger partial charge is 0.387 e. The molecular weight excluding hydrogens is 412 g/mol. The molecule has 0 atom stereocenters. The normalized spacial score (nSPS) is 12.8. The van der Waals surface area contributed by atoms with Crippen LogP contribution in [0.5, 0.6) is 11.5 Å². The summed E-state index contributed by atoms with van der Waals surface area (Å²) in [5.41, 5.74) is 0.923. The lowest BCUT2D eigenvalue weighted by atomic mass is 10.1. The maximum Gasteiger partial charge on any atom is 0.387 e. The highest BCUT2D eigenvalue weighted by molar-refractivity contribution is 6.21. The molecule has 1 aliphatic heterocycles. The number of amides is 2. The number of esters is 1. The summed E-state index contributed by atoms with van der Waals surface area (Å²) in [6, 6.07) is 11.1. The van der Waals surface area contributed by atoms with Gasteiger partial charge in [-0.25, -0.2) is 0 Å². The van der Waals surface area contributed by atoms with Gasteiger partial charge in [0.25, 0.3) is 11.8 Å². The summed E-state index contributed by atoms with van der Waals surface area (Å²) in [7, 11) is 0. The highest BCUT2D eigenvalue weighted by atomic mass is 19.3. The van der Waals surface area contributed by atoms with E-state index in [1.165, 1.54) is 12.1 Å². The predicted molar refractivity (Wildman–Crippen MR) is 105 cm³/mol. The first kappa shape index (κ1) is 22.2. The van der Waals surface area contributed by atoms with Gasteiger partial charge in [-0.05, 0) is 31.5 Å². The van der Waals surface area contributed by atoms with Crippen molar-refractivity contribution in [2.75, 3.05) is 13.2 Å². The van der Waals surface area contributed by atoms with Gasteiger partial charge in [0.15, 0.2) is 11.5 Å². The molecule has 0 spiro atoms. The molecule has 3 rings (SSSR count). The first-order chi connectivity index (χ1) is 14.9. The van der Waals surface area contributed by atoms with Crippen LogP contribution in [0, 0.1) is 0 Å². The number of para-hydroxylation sites is 1. The number of nitrogens with zero attached hydrogens (tertiary/aromatic N) is 1. The average molecular weight is 433 g/mol. The Labute approximate surface area is 177 Å². The van der Waals surface area contributed by atoms with Crippen molar-refractivity contribution in [1.82, 2.24) is 4.90 Å². The third-order valence-corrected chi connectivity index (χ3v) is 4.60. The van der Waals surface area contributed by atoms with Crippen molar-refractivity contribution in [3.8, 4) is 11.5 Å². The van der Waals surface area contributed by atoms with E-state index in [0.29, 0.717) is 11.1 Å². The summed E-state index contributed by atoms with van der Waals surface area (Å²) in [5.74, 6) is -1.44. The number of halogens is 2. The molecule has 2 aromatic carbocycles. The highest BCUT2D eigenvalue weighted by Crippen LogP contribution is 2.33. The van der Waals surface area contributed by atoms with Crippen molar-refractivity contribution in [2.24, 2.45) is 0 Å². The number of imide groups is 1. The summed E-state index contributed by atoms with van der Waals surface area (Å²) in [6.45, 7) is -1.32. The molecule has 2 aromatic rings. The van der Waals surface area contributed by atoms with Crippen LogP contribution in [0.15, 0.2) is 42.5 Å². The number of fused-ring (bicyclic) bond motifs is 1. The number of benzene rings is 2. The maximum absolute atomic E-state index is 12.8. The molecule has 9 heteroatoms. The van der Waals surface area contributed by atoms with Crippen LogP contribution < -0.4 is 9.47 Å². The van der Waals surface area contributed by atoms with Crippen LogP contribution in [0.1, 0.15) is 46.0 Å². The Kier molecular flexibility index (Phi) is 7.17. The van der Waals surface area contributed by atoms with Crippen molar-refractivity contribution in [2.45, 2.75) is 33.0 Å². The third kappa shape index (κ3) is 5.17. The van der Waals surface area contributed by atoms with Gasteiger partial charge in [0.05, 0.1) is 17.7 Å². The number of carbonyl (C=O) groups excluding carboxylic acids is 3. The zero-order valence-corrected chi connectivity index (χ0v) is 16.8. The van der Waals surface area contributed by atoms with Gasteiger partial charge in [-0.1, -0.05) is 24.3 Å². The van der Waals surface area contributed by atoms with E-state index in [1.54, 1.807) is 37.3 Å². The largest absolute Gasteiger partial charge is 0.490 e. The van der Waals surface area contributed by atoms with E-state index in [1.807, 2.05) is 0 Å². The van der Waals surface area contributed by atoms with Crippen molar-refractivity contribution in [3.63, 3.8) is 0 Å². The minimum atomic E-state index is -3.06. The fourth-order valence-corrected chi connectivity index (χ4v) is 3.22. The topological polar surface area (TPSA) is 82.1 Å². The molecule has 31 heavy (non-hydrogen) atoms. The summed E-state index contributed by atoms with van der Waals surface area (Å²) >= 11 is 0. The molecule has 0 unspecified atom stereocenters. The monoisotopic (exact) mass is 433 g/mol. The molecule has 1 heterocycles. The molecule has 0 saturated heterocycles. The lowest BCUT2D eigenvalue weighted by Gasteiger charge is -2.16. The van der Waals surface area contributed by atoms with E-state index in [2.05, 4.69) is 4.74 Å². The molecule has 0 aliphatic carbocycles. The Hall–Kier alpha value is -3.49. The quantitative estimate of drug-likeness (QED) is 0.419. The lowest BCUT2D eigenvalue weighted by molar-refractivity contribution is -0.145. The molecule has 0 aromatic heterocycles. The SMILES string of the molecule is CCOc1cccc(COC(=O)CCCN2C(=O)c3ccccc3C2=O)c1OC(F)F. The van der Waals surface area contributed by atoms with E-state index in [0.717, 1.165) is 4.90 Å². The zero-order valence-electron chi connectivity index (χ0n) is 16.8. The van der Waals surface area contributed by atoms with Crippen LogP contribution in [-0.4, -0.2) is 42.4 Å². The van der Waals surface area contributed by atoms with Crippen LogP contribution in [0.25, 0.3) is 0 Å². The first-order valence-corrected chi connectivity index (χ1v) is 9.72. The second-order valence-corrected chi connectivity index (χ2v) is 6.63. The fourth-order valence-electron chi connectivity index (χ4n) is 3.22. The van der Waals surface area contributed by atoms with Gasteiger partial charge in [-0.3, -0.25) is 19.3 Å².